The number of nitrogens with zero attached hydrogens (tertiary/aromatic N) is 4. The number of carbonyl (C=O) groups excluding carboxylic acids is 1. The van der Waals surface area contributed by atoms with Crippen molar-refractivity contribution < 1.29 is 9.18 Å². The Morgan fingerprint density at radius 2 is 2.06 bits per heavy atom. The molecule has 3 aromatic rings. The molecule has 2 amide bonds. The molecule has 170 valence electrons. The molecule has 0 atom stereocenters. The number of halogens is 1. The van der Waals surface area contributed by atoms with Gasteiger partial charge in [0, 0.05) is 24.7 Å². The fourth-order valence-electron chi connectivity index (χ4n) is 4.23. The molecule has 7 nitrogen and oxygen atoms in total. The maximum absolute atomic E-state index is 14.7. The van der Waals surface area contributed by atoms with Gasteiger partial charge in [-0.25, -0.2) is 24.1 Å². The second-order valence-corrected chi connectivity index (χ2v) is 9.46. The van der Waals surface area contributed by atoms with Crippen molar-refractivity contribution in [3.63, 3.8) is 0 Å². The molecule has 0 saturated heterocycles. The van der Waals surface area contributed by atoms with Crippen LogP contribution in [0.15, 0.2) is 41.2 Å². The summed E-state index contributed by atoms with van der Waals surface area (Å²) in [5, 5.41) is 6.13. The molecular formula is C24H25FN6OS. The Hall–Kier alpha value is -3.33. The van der Waals surface area contributed by atoms with Gasteiger partial charge < -0.3 is 15.5 Å². The zero-order chi connectivity index (χ0) is 22.9. The Balaban J connectivity index is 1.42. The third kappa shape index (κ3) is 4.45. The molecule has 1 aliphatic heterocycles. The molecule has 2 N–H and O–H groups in total. The standard InChI is InChI=1S/C24H25FN6OS/c1-14(2)29-24(32)31-7-3-4-16(11-31)15-5-6-19-17(8-15)23(27-12-26-19)30-20-10-21-22(9-18(20)25)33-13-28-21/h4,8-10,12-14H,3,5-7,11H2,1-2H3,(H,29,32)(H,26,27,30). The van der Waals surface area contributed by atoms with Crippen molar-refractivity contribution in [3.05, 3.63) is 58.3 Å². The van der Waals surface area contributed by atoms with Crippen LogP contribution in [0.3, 0.4) is 0 Å². The number of rotatable bonds is 4. The third-order valence-corrected chi connectivity index (χ3v) is 6.64. The van der Waals surface area contributed by atoms with E-state index in [9.17, 15) is 9.18 Å². The highest BCUT2D eigenvalue weighted by Crippen LogP contribution is 2.34. The predicted molar refractivity (Wildman–Crippen MR) is 129 cm³/mol. The van der Waals surface area contributed by atoms with Gasteiger partial charge in [0.25, 0.3) is 0 Å². The van der Waals surface area contributed by atoms with Gasteiger partial charge in [0.2, 0.25) is 0 Å². The number of anilines is 2. The lowest BCUT2D eigenvalue weighted by molar-refractivity contribution is 0.198. The normalized spacial score (nSPS) is 15.8. The van der Waals surface area contributed by atoms with Gasteiger partial charge in [0.15, 0.2) is 0 Å². The molecule has 0 radical (unpaired) electrons. The van der Waals surface area contributed by atoms with E-state index in [0.717, 1.165) is 51.9 Å². The molecule has 0 bridgehead atoms. The van der Waals surface area contributed by atoms with Crippen molar-refractivity contribution in [2.24, 2.45) is 0 Å². The number of hydrogen-bond acceptors (Lipinski definition) is 6. The predicted octanol–water partition coefficient (Wildman–Crippen LogP) is 5.05. The van der Waals surface area contributed by atoms with Crippen LogP contribution in [-0.4, -0.2) is 45.0 Å². The molecule has 5 rings (SSSR count). The highest BCUT2D eigenvalue weighted by atomic mass is 32.1. The molecule has 1 aromatic carbocycles. The minimum absolute atomic E-state index is 0.0361. The lowest BCUT2D eigenvalue weighted by Gasteiger charge is -2.30. The Morgan fingerprint density at radius 3 is 2.91 bits per heavy atom. The molecule has 1 aliphatic carbocycles. The van der Waals surface area contributed by atoms with Crippen LogP contribution >= 0.6 is 11.3 Å². The first-order valence-electron chi connectivity index (χ1n) is 11.1. The van der Waals surface area contributed by atoms with Crippen LogP contribution < -0.4 is 10.6 Å². The number of aryl methyl sites for hydroxylation is 1. The summed E-state index contributed by atoms with van der Waals surface area (Å²) in [5.41, 5.74) is 6.89. The van der Waals surface area contributed by atoms with Gasteiger partial charge in [-0.3, -0.25) is 0 Å². The average Bonchev–Trinajstić information content (AvgIpc) is 3.26. The summed E-state index contributed by atoms with van der Waals surface area (Å²) in [7, 11) is 0. The number of nitrogens with one attached hydrogen (secondary N) is 2. The van der Waals surface area contributed by atoms with Crippen molar-refractivity contribution in [2.75, 3.05) is 18.4 Å². The number of thiazole rings is 1. The quantitative estimate of drug-likeness (QED) is 0.565. The SMILES string of the molecule is CC(C)NC(=O)N1CCC=C(C2=Cc3c(ncnc3Nc3cc4ncsc4cc3F)CC2)C1. The Morgan fingerprint density at radius 1 is 1.18 bits per heavy atom. The van der Waals surface area contributed by atoms with Crippen molar-refractivity contribution in [1.82, 2.24) is 25.2 Å². The summed E-state index contributed by atoms with van der Waals surface area (Å²) >= 11 is 1.41. The molecule has 0 spiro atoms. The summed E-state index contributed by atoms with van der Waals surface area (Å²) in [6.07, 6.45) is 8.23. The molecule has 0 saturated carbocycles. The lowest BCUT2D eigenvalue weighted by Crippen LogP contribution is -2.45. The van der Waals surface area contributed by atoms with Crippen LogP contribution in [0.4, 0.5) is 20.7 Å². The topological polar surface area (TPSA) is 83.0 Å². The van der Waals surface area contributed by atoms with E-state index in [1.807, 2.05) is 18.7 Å². The summed E-state index contributed by atoms with van der Waals surface area (Å²) < 4.78 is 15.5. The number of carbonyl (C=O) groups is 1. The zero-order valence-electron chi connectivity index (χ0n) is 18.6. The lowest BCUT2D eigenvalue weighted by atomic mass is 9.89. The van der Waals surface area contributed by atoms with E-state index in [1.165, 1.54) is 23.7 Å². The van der Waals surface area contributed by atoms with Gasteiger partial charge in [-0.15, -0.1) is 11.3 Å². The van der Waals surface area contributed by atoms with Gasteiger partial charge >= 0.3 is 6.03 Å². The maximum Gasteiger partial charge on any atom is 0.317 e. The van der Waals surface area contributed by atoms with Crippen LogP contribution in [0.2, 0.25) is 0 Å². The first kappa shape index (κ1) is 21.5. The highest BCUT2D eigenvalue weighted by Gasteiger charge is 2.24. The van der Waals surface area contributed by atoms with Crippen LogP contribution in [0.25, 0.3) is 16.3 Å². The van der Waals surface area contributed by atoms with Crippen molar-refractivity contribution >= 4 is 45.2 Å². The summed E-state index contributed by atoms with van der Waals surface area (Å²) in [6, 6.07) is 3.26. The molecule has 9 heteroatoms. The Bertz CT molecular complexity index is 1280. The number of aromatic nitrogens is 3. The van der Waals surface area contributed by atoms with Gasteiger partial charge in [-0.05, 0) is 62.5 Å². The summed E-state index contributed by atoms with van der Waals surface area (Å²) in [5.74, 6) is 0.220. The number of urea groups is 1. The van der Waals surface area contributed by atoms with Crippen LogP contribution in [0.5, 0.6) is 0 Å². The fourth-order valence-corrected chi connectivity index (χ4v) is 4.91. The first-order chi connectivity index (χ1) is 16.0. The maximum atomic E-state index is 14.7. The molecule has 0 unspecified atom stereocenters. The number of amides is 2. The van der Waals surface area contributed by atoms with Gasteiger partial charge in [0.05, 0.1) is 27.1 Å². The van der Waals surface area contributed by atoms with Crippen LogP contribution in [0, 0.1) is 5.82 Å². The molecule has 2 aliphatic rings. The minimum Gasteiger partial charge on any atom is -0.337 e. The highest BCUT2D eigenvalue weighted by molar-refractivity contribution is 7.16. The second-order valence-electron chi connectivity index (χ2n) is 8.57. The van der Waals surface area contributed by atoms with E-state index < -0.39 is 0 Å². The molecule has 3 heterocycles. The van der Waals surface area contributed by atoms with Crippen molar-refractivity contribution in [1.29, 1.82) is 0 Å². The molecule has 0 fully saturated rings. The monoisotopic (exact) mass is 464 g/mol. The van der Waals surface area contributed by atoms with E-state index in [1.54, 1.807) is 11.6 Å². The second kappa shape index (κ2) is 8.90. The smallest absolute Gasteiger partial charge is 0.317 e. The zero-order valence-corrected chi connectivity index (χ0v) is 19.4. The average molecular weight is 465 g/mol. The fraction of sp³-hybridized carbons (Fsp3) is 0.333. The van der Waals surface area contributed by atoms with Crippen molar-refractivity contribution in [3.8, 4) is 0 Å². The van der Waals surface area contributed by atoms with Gasteiger partial charge in [0.1, 0.15) is 18.0 Å². The minimum atomic E-state index is -0.346. The number of benzene rings is 1. The van der Waals surface area contributed by atoms with E-state index in [2.05, 4.69) is 37.7 Å². The van der Waals surface area contributed by atoms with E-state index in [4.69, 9.17) is 0 Å². The molecular weight excluding hydrogens is 439 g/mol. The number of hydrogen-bond donors (Lipinski definition) is 2. The number of fused-ring (bicyclic) bond motifs is 2. The van der Waals surface area contributed by atoms with Crippen molar-refractivity contribution in [2.45, 2.75) is 39.2 Å². The van der Waals surface area contributed by atoms with Gasteiger partial charge in [-0.1, -0.05) is 6.08 Å². The van der Waals surface area contributed by atoms with E-state index in [-0.39, 0.29) is 17.9 Å². The summed E-state index contributed by atoms with van der Waals surface area (Å²) in [6.45, 7) is 5.21. The summed E-state index contributed by atoms with van der Waals surface area (Å²) in [4.78, 5) is 27.5. The molecule has 2 aromatic heterocycles. The Kier molecular flexibility index (Phi) is 5.80. The van der Waals surface area contributed by atoms with Crippen LogP contribution in [0.1, 0.15) is 37.9 Å². The first-order valence-corrected chi connectivity index (χ1v) is 11.9. The van der Waals surface area contributed by atoms with E-state index >= 15 is 0 Å². The third-order valence-electron chi connectivity index (χ3n) is 5.85. The van der Waals surface area contributed by atoms with Gasteiger partial charge in [-0.2, -0.15) is 0 Å². The van der Waals surface area contributed by atoms with E-state index in [0.29, 0.717) is 24.6 Å². The Labute approximate surface area is 195 Å². The molecule has 33 heavy (non-hydrogen) atoms. The van der Waals surface area contributed by atoms with Crippen LogP contribution in [-0.2, 0) is 6.42 Å². The largest absolute Gasteiger partial charge is 0.337 e.